The second kappa shape index (κ2) is 4.93. The van der Waals surface area contributed by atoms with Gasteiger partial charge in [-0.3, -0.25) is 0 Å². The summed E-state index contributed by atoms with van der Waals surface area (Å²) in [4.78, 5) is 23.3. The Bertz CT molecular complexity index is 665. The molecule has 0 spiro atoms. The van der Waals surface area contributed by atoms with Gasteiger partial charge in [-0.1, -0.05) is 12.1 Å². The third kappa shape index (κ3) is 2.08. The van der Waals surface area contributed by atoms with Gasteiger partial charge in [0.05, 0.1) is 14.2 Å². The molecule has 0 radical (unpaired) electrons. The molecular weight excluding hydrogens is 250 g/mol. The van der Waals surface area contributed by atoms with Crippen molar-refractivity contribution in [3.8, 4) is 0 Å². The highest BCUT2D eigenvalue weighted by atomic mass is 16.5. The summed E-state index contributed by atoms with van der Waals surface area (Å²) in [6, 6.07) is 8.03. The van der Waals surface area contributed by atoms with Crippen molar-refractivity contribution in [3.05, 3.63) is 46.8 Å². The molecule has 0 amide bonds. The molecule has 19 heavy (non-hydrogen) atoms. The monoisotopic (exact) mass is 261 g/mol. The van der Waals surface area contributed by atoms with E-state index in [9.17, 15) is 14.8 Å². The van der Waals surface area contributed by atoms with Gasteiger partial charge in [0, 0.05) is 11.5 Å². The van der Waals surface area contributed by atoms with Crippen LogP contribution in [0.25, 0.3) is 10.9 Å². The molecule has 0 aliphatic heterocycles. The number of aromatic nitrogens is 1. The highest BCUT2D eigenvalue weighted by Crippen LogP contribution is 2.16. The normalized spacial score (nSPS) is 10.2. The third-order valence-electron chi connectivity index (χ3n) is 2.70. The minimum Gasteiger partial charge on any atom is -0.618 e. The van der Waals surface area contributed by atoms with Crippen molar-refractivity contribution in [1.29, 1.82) is 0 Å². The van der Waals surface area contributed by atoms with Crippen LogP contribution in [-0.2, 0) is 9.47 Å². The largest absolute Gasteiger partial charge is 0.618 e. The molecular formula is C13H11NO5. The number of carbonyl (C=O) groups is 2. The molecule has 1 aromatic carbocycles. The number of hydrogen-bond acceptors (Lipinski definition) is 5. The molecule has 0 saturated heterocycles. The summed E-state index contributed by atoms with van der Waals surface area (Å²) in [5, 5.41) is 12.7. The Morgan fingerprint density at radius 3 is 2.37 bits per heavy atom. The van der Waals surface area contributed by atoms with E-state index in [1.165, 1.54) is 13.2 Å². The van der Waals surface area contributed by atoms with Crippen molar-refractivity contribution in [1.82, 2.24) is 0 Å². The number of carbonyl (C=O) groups excluding carboxylic acids is 2. The number of benzene rings is 1. The molecule has 6 heteroatoms. The maximum Gasteiger partial charge on any atom is 0.405 e. The van der Waals surface area contributed by atoms with Crippen LogP contribution in [0.1, 0.15) is 20.8 Å². The first kappa shape index (κ1) is 12.8. The van der Waals surface area contributed by atoms with Gasteiger partial charge in [-0.05, 0) is 12.1 Å². The predicted molar refractivity (Wildman–Crippen MR) is 65.6 cm³/mol. The predicted octanol–water partition coefficient (Wildman–Crippen LogP) is 1.05. The summed E-state index contributed by atoms with van der Waals surface area (Å²) < 4.78 is 9.49. The van der Waals surface area contributed by atoms with Crippen LogP contribution in [0.3, 0.4) is 0 Å². The molecule has 0 fully saturated rings. The zero-order chi connectivity index (χ0) is 14.0. The third-order valence-corrected chi connectivity index (χ3v) is 2.70. The van der Waals surface area contributed by atoms with Gasteiger partial charge in [-0.2, -0.15) is 4.73 Å². The van der Waals surface area contributed by atoms with E-state index in [1.807, 2.05) is 0 Å². The molecule has 0 aliphatic rings. The quantitative estimate of drug-likeness (QED) is 0.458. The first-order valence-electron chi connectivity index (χ1n) is 5.42. The Morgan fingerprint density at radius 1 is 1.11 bits per heavy atom. The second-order valence-electron chi connectivity index (χ2n) is 3.74. The van der Waals surface area contributed by atoms with Crippen LogP contribution >= 0.6 is 0 Å². The van der Waals surface area contributed by atoms with E-state index < -0.39 is 11.9 Å². The number of nitrogens with zero attached hydrogens (tertiary/aromatic N) is 1. The first-order chi connectivity index (χ1) is 9.10. The van der Waals surface area contributed by atoms with E-state index >= 15 is 0 Å². The minimum absolute atomic E-state index is 0.122. The summed E-state index contributed by atoms with van der Waals surface area (Å²) in [6.45, 7) is 0. The number of esters is 2. The molecule has 2 aromatic rings. The summed E-state index contributed by atoms with van der Waals surface area (Å²) >= 11 is 0. The zero-order valence-electron chi connectivity index (χ0n) is 10.4. The summed E-state index contributed by atoms with van der Waals surface area (Å²) in [5.74, 6) is -1.66. The van der Waals surface area contributed by atoms with Crippen LogP contribution in [0, 0.1) is 5.21 Å². The molecule has 0 aliphatic carbocycles. The fourth-order valence-corrected chi connectivity index (χ4v) is 1.80. The first-order valence-corrected chi connectivity index (χ1v) is 5.42. The molecule has 98 valence electrons. The van der Waals surface area contributed by atoms with Crippen molar-refractivity contribution >= 4 is 22.8 Å². The fourth-order valence-electron chi connectivity index (χ4n) is 1.80. The average molecular weight is 261 g/mol. The molecule has 0 bridgehead atoms. The van der Waals surface area contributed by atoms with E-state index in [4.69, 9.17) is 0 Å². The Hall–Kier alpha value is -2.63. The van der Waals surface area contributed by atoms with E-state index in [0.29, 0.717) is 10.1 Å². The molecule has 2 rings (SSSR count). The van der Waals surface area contributed by atoms with Gasteiger partial charge in [0.2, 0.25) is 5.52 Å². The van der Waals surface area contributed by atoms with Crippen molar-refractivity contribution in [3.63, 3.8) is 0 Å². The zero-order valence-corrected chi connectivity index (χ0v) is 10.4. The highest BCUT2D eigenvalue weighted by Gasteiger charge is 2.29. The number of para-hydroxylation sites is 1. The van der Waals surface area contributed by atoms with E-state index in [1.54, 1.807) is 24.3 Å². The summed E-state index contributed by atoms with van der Waals surface area (Å²) in [5.41, 5.74) is -0.230. The van der Waals surface area contributed by atoms with Crippen LogP contribution in [0.2, 0.25) is 0 Å². The molecule has 0 atom stereocenters. The van der Waals surface area contributed by atoms with Crippen LogP contribution in [0.5, 0.6) is 0 Å². The van der Waals surface area contributed by atoms with Gasteiger partial charge < -0.3 is 14.7 Å². The number of rotatable bonds is 2. The van der Waals surface area contributed by atoms with Gasteiger partial charge in [0.1, 0.15) is 5.56 Å². The van der Waals surface area contributed by atoms with Crippen molar-refractivity contribution in [2.75, 3.05) is 14.2 Å². The molecule has 0 unspecified atom stereocenters. The lowest BCUT2D eigenvalue weighted by atomic mass is 10.1. The SMILES string of the molecule is COC(=O)c1cc2ccccc2[n+]([O-])c1C(=O)OC. The van der Waals surface area contributed by atoms with E-state index in [-0.39, 0.29) is 16.8 Å². The van der Waals surface area contributed by atoms with Gasteiger partial charge in [0.25, 0.3) is 0 Å². The molecule has 0 saturated carbocycles. The topological polar surface area (TPSA) is 79.5 Å². The average Bonchev–Trinajstić information content (AvgIpc) is 2.45. The van der Waals surface area contributed by atoms with Gasteiger partial charge in [-0.15, -0.1) is 0 Å². The number of ether oxygens (including phenoxy) is 2. The smallest absolute Gasteiger partial charge is 0.405 e. The summed E-state index contributed by atoms with van der Waals surface area (Å²) in [7, 11) is 2.31. The van der Waals surface area contributed by atoms with Gasteiger partial charge >= 0.3 is 17.6 Å². The lowest BCUT2D eigenvalue weighted by Crippen LogP contribution is -2.38. The van der Waals surface area contributed by atoms with E-state index in [2.05, 4.69) is 9.47 Å². The van der Waals surface area contributed by atoms with Crippen molar-refractivity contribution in [2.24, 2.45) is 0 Å². The van der Waals surface area contributed by atoms with Crippen molar-refractivity contribution < 1.29 is 23.8 Å². The Labute approximate surface area is 108 Å². The van der Waals surface area contributed by atoms with Crippen LogP contribution in [0.15, 0.2) is 30.3 Å². The molecule has 0 N–H and O–H groups in total. The van der Waals surface area contributed by atoms with Gasteiger partial charge in [-0.25, -0.2) is 9.59 Å². The Kier molecular flexibility index (Phi) is 3.33. The van der Waals surface area contributed by atoms with Crippen LogP contribution in [0.4, 0.5) is 0 Å². The lowest BCUT2D eigenvalue weighted by Gasteiger charge is -2.09. The molecule has 1 aromatic heterocycles. The number of hydrogen-bond donors (Lipinski definition) is 0. The second-order valence-corrected chi connectivity index (χ2v) is 3.74. The van der Waals surface area contributed by atoms with Crippen LogP contribution in [-0.4, -0.2) is 26.2 Å². The van der Waals surface area contributed by atoms with Crippen LogP contribution < -0.4 is 4.73 Å². The molecule has 6 nitrogen and oxygen atoms in total. The Morgan fingerprint density at radius 2 is 1.74 bits per heavy atom. The number of methoxy groups -OCH3 is 2. The maximum absolute atomic E-state index is 12.2. The molecule has 1 heterocycles. The minimum atomic E-state index is -0.888. The Balaban J connectivity index is 2.84. The lowest BCUT2D eigenvalue weighted by molar-refractivity contribution is -0.580. The fraction of sp³-hybridized carbons (Fsp3) is 0.154. The summed E-state index contributed by atoms with van der Waals surface area (Å²) in [6.07, 6.45) is 0. The number of fused-ring (bicyclic) bond motifs is 1. The van der Waals surface area contributed by atoms with Crippen molar-refractivity contribution in [2.45, 2.75) is 0 Å². The number of pyridine rings is 1. The highest BCUT2D eigenvalue weighted by molar-refractivity contribution is 6.03. The van der Waals surface area contributed by atoms with E-state index in [0.717, 1.165) is 7.11 Å². The standard InChI is InChI=1S/C13H11NO5/c1-18-12(15)9-7-8-5-3-4-6-10(8)14(17)11(9)13(16)19-2/h3-7H,1-2H3. The maximum atomic E-state index is 12.2. The van der Waals surface area contributed by atoms with Gasteiger partial charge in [0.15, 0.2) is 0 Å².